The summed E-state index contributed by atoms with van der Waals surface area (Å²) in [5, 5.41) is 4.98. The van der Waals surface area contributed by atoms with Crippen LogP contribution in [0.3, 0.4) is 0 Å². The first-order chi connectivity index (χ1) is 13.1. The van der Waals surface area contributed by atoms with Gasteiger partial charge in [-0.2, -0.15) is 0 Å². The molecule has 28 heavy (non-hydrogen) atoms. The third-order valence-electron chi connectivity index (χ3n) is 4.18. The van der Waals surface area contributed by atoms with E-state index in [0.29, 0.717) is 18.7 Å². The standard InChI is InChI=1S/C18H25N3O6S/c1-4-7-19-16(22)10-20-17(23)11-27-18(24)13-5-6-15-14(9-13)8-12(2)21(15)28(3,25)26/h5-6,9,12H,4,7-8,10-11H2,1-3H3,(H,19,22)(H,20,23)/t12-/m0/s1. The molecule has 1 aromatic rings. The zero-order chi connectivity index (χ0) is 20.9. The van der Waals surface area contributed by atoms with Crippen molar-refractivity contribution in [2.24, 2.45) is 0 Å². The number of rotatable bonds is 8. The molecular formula is C18H25N3O6S. The van der Waals surface area contributed by atoms with E-state index in [2.05, 4.69) is 10.6 Å². The molecule has 1 atom stereocenters. The van der Waals surface area contributed by atoms with E-state index in [4.69, 9.17) is 4.74 Å². The highest BCUT2D eigenvalue weighted by Gasteiger charge is 2.32. The van der Waals surface area contributed by atoms with Crippen LogP contribution in [-0.4, -0.2) is 58.2 Å². The molecule has 9 nitrogen and oxygen atoms in total. The zero-order valence-electron chi connectivity index (χ0n) is 16.1. The lowest BCUT2D eigenvalue weighted by molar-refractivity contribution is -0.127. The largest absolute Gasteiger partial charge is 0.452 e. The predicted molar refractivity (Wildman–Crippen MR) is 104 cm³/mol. The van der Waals surface area contributed by atoms with Crippen molar-refractivity contribution in [2.75, 3.05) is 30.3 Å². The van der Waals surface area contributed by atoms with Crippen molar-refractivity contribution in [3.63, 3.8) is 0 Å². The van der Waals surface area contributed by atoms with Gasteiger partial charge in [0.1, 0.15) is 0 Å². The number of ether oxygens (including phenoxy) is 1. The fourth-order valence-electron chi connectivity index (χ4n) is 3.01. The van der Waals surface area contributed by atoms with Crippen LogP contribution in [-0.2, 0) is 30.8 Å². The molecule has 0 unspecified atom stereocenters. The molecule has 1 aromatic carbocycles. The summed E-state index contributed by atoms with van der Waals surface area (Å²) in [4.78, 5) is 35.3. The number of hydrogen-bond acceptors (Lipinski definition) is 6. The van der Waals surface area contributed by atoms with Crippen LogP contribution in [0.15, 0.2) is 18.2 Å². The fourth-order valence-corrected chi connectivity index (χ4v) is 4.27. The number of hydrogen-bond donors (Lipinski definition) is 2. The van der Waals surface area contributed by atoms with Gasteiger partial charge in [-0.25, -0.2) is 13.2 Å². The summed E-state index contributed by atoms with van der Waals surface area (Å²) in [6, 6.07) is 4.37. The van der Waals surface area contributed by atoms with Crippen LogP contribution in [0.2, 0.25) is 0 Å². The van der Waals surface area contributed by atoms with Crippen LogP contribution in [0.1, 0.15) is 36.2 Å². The van der Waals surface area contributed by atoms with Gasteiger partial charge in [-0.3, -0.25) is 13.9 Å². The third-order valence-corrected chi connectivity index (χ3v) is 5.45. The number of esters is 1. The van der Waals surface area contributed by atoms with E-state index < -0.39 is 28.5 Å². The minimum absolute atomic E-state index is 0.186. The van der Waals surface area contributed by atoms with Crippen LogP contribution in [0.4, 0.5) is 5.69 Å². The van der Waals surface area contributed by atoms with Crippen molar-refractivity contribution < 1.29 is 27.5 Å². The van der Waals surface area contributed by atoms with Gasteiger partial charge in [-0.15, -0.1) is 0 Å². The molecule has 0 bridgehead atoms. The number of fused-ring (bicyclic) bond motifs is 1. The zero-order valence-corrected chi connectivity index (χ0v) is 17.0. The Kier molecular flexibility index (Phi) is 7.00. The van der Waals surface area contributed by atoms with E-state index in [0.717, 1.165) is 18.2 Å². The molecule has 1 aliphatic heterocycles. The van der Waals surface area contributed by atoms with E-state index in [1.165, 1.54) is 10.4 Å². The number of amides is 2. The molecule has 0 spiro atoms. The summed E-state index contributed by atoms with van der Waals surface area (Å²) in [5.41, 5.74) is 1.50. The molecule has 1 heterocycles. The van der Waals surface area contributed by atoms with Gasteiger partial charge in [0.2, 0.25) is 15.9 Å². The van der Waals surface area contributed by atoms with E-state index in [1.54, 1.807) is 19.1 Å². The first-order valence-corrected chi connectivity index (χ1v) is 10.8. The lowest BCUT2D eigenvalue weighted by atomic mass is 10.1. The summed E-state index contributed by atoms with van der Waals surface area (Å²) in [5.74, 6) is -1.60. The Bertz CT molecular complexity index is 868. The van der Waals surface area contributed by atoms with E-state index in [9.17, 15) is 22.8 Å². The summed E-state index contributed by atoms with van der Waals surface area (Å²) in [6.07, 6.45) is 2.41. The molecule has 2 rings (SSSR count). The maximum absolute atomic E-state index is 12.2. The third kappa shape index (κ3) is 5.44. The van der Waals surface area contributed by atoms with Gasteiger partial charge in [0, 0.05) is 12.6 Å². The second-order valence-corrected chi connectivity index (χ2v) is 8.52. The predicted octanol–water partition coefficient (Wildman–Crippen LogP) is 0.196. The molecule has 0 radical (unpaired) electrons. The van der Waals surface area contributed by atoms with Gasteiger partial charge in [-0.1, -0.05) is 6.92 Å². The average molecular weight is 411 g/mol. The molecule has 0 fully saturated rings. The van der Waals surface area contributed by atoms with Gasteiger partial charge in [0.25, 0.3) is 5.91 Å². The second kappa shape index (κ2) is 9.05. The Balaban J connectivity index is 1.91. The van der Waals surface area contributed by atoms with Crippen LogP contribution >= 0.6 is 0 Å². The lowest BCUT2D eigenvalue weighted by Crippen LogP contribution is -2.38. The summed E-state index contributed by atoms with van der Waals surface area (Å²) < 4.78 is 30.2. The molecular weight excluding hydrogens is 386 g/mol. The molecule has 1 aliphatic rings. The van der Waals surface area contributed by atoms with Crippen molar-refractivity contribution in [1.29, 1.82) is 0 Å². The molecule has 154 valence electrons. The summed E-state index contributed by atoms with van der Waals surface area (Å²) in [7, 11) is -3.41. The van der Waals surface area contributed by atoms with Crippen LogP contribution in [0, 0.1) is 0 Å². The van der Waals surface area contributed by atoms with Crippen LogP contribution in [0.5, 0.6) is 0 Å². The van der Waals surface area contributed by atoms with Crippen molar-refractivity contribution >= 4 is 33.5 Å². The number of carbonyl (C=O) groups is 3. The monoisotopic (exact) mass is 411 g/mol. The number of nitrogens with one attached hydrogen (secondary N) is 2. The fraction of sp³-hybridized carbons (Fsp3) is 0.500. The van der Waals surface area contributed by atoms with Crippen LogP contribution in [0.25, 0.3) is 0 Å². The van der Waals surface area contributed by atoms with Gasteiger partial charge in [0.05, 0.1) is 24.1 Å². The van der Waals surface area contributed by atoms with E-state index >= 15 is 0 Å². The number of benzene rings is 1. The average Bonchev–Trinajstić information content (AvgIpc) is 2.97. The molecule has 2 N–H and O–H groups in total. The maximum atomic E-state index is 12.2. The Hall–Kier alpha value is -2.62. The normalized spacial score (nSPS) is 15.7. The highest BCUT2D eigenvalue weighted by molar-refractivity contribution is 7.92. The minimum Gasteiger partial charge on any atom is -0.452 e. The Morgan fingerprint density at radius 3 is 2.57 bits per heavy atom. The summed E-state index contributed by atoms with van der Waals surface area (Å²) in [6.45, 7) is 3.53. The Morgan fingerprint density at radius 1 is 1.21 bits per heavy atom. The topological polar surface area (TPSA) is 122 Å². The van der Waals surface area contributed by atoms with Crippen molar-refractivity contribution in [3.05, 3.63) is 29.3 Å². The molecule has 0 saturated carbocycles. The number of anilines is 1. The molecule has 0 aromatic heterocycles. The first kappa shape index (κ1) is 21.7. The highest BCUT2D eigenvalue weighted by Crippen LogP contribution is 2.34. The highest BCUT2D eigenvalue weighted by atomic mass is 32.2. The van der Waals surface area contributed by atoms with Crippen molar-refractivity contribution in [2.45, 2.75) is 32.7 Å². The molecule has 0 saturated heterocycles. The van der Waals surface area contributed by atoms with E-state index in [1.807, 2.05) is 6.92 Å². The number of sulfonamides is 1. The smallest absolute Gasteiger partial charge is 0.338 e. The molecule has 0 aliphatic carbocycles. The minimum atomic E-state index is -3.41. The molecule has 10 heteroatoms. The first-order valence-electron chi connectivity index (χ1n) is 8.96. The SMILES string of the molecule is CCCNC(=O)CNC(=O)COC(=O)c1ccc2c(c1)C[C@H](C)N2S(C)(=O)=O. The quantitative estimate of drug-likeness (QED) is 0.589. The number of carbonyl (C=O) groups excluding carboxylic acids is 3. The van der Waals surface area contributed by atoms with Crippen LogP contribution < -0.4 is 14.9 Å². The Labute approximate surface area is 164 Å². The van der Waals surface area contributed by atoms with E-state index in [-0.39, 0.29) is 24.1 Å². The van der Waals surface area contributed by atoms with Gasteiger partial charge >= 0.3 is 5.97 Å². The maximum Gasteiger partial charge on any atom is 0.338 e. The van der Waals surface area contributed by atoms with Gasteiger partial charge in [0.15, 0.2) is 6.61 Å². The second-order valence-electron chi connectivity index (χ2n) is 6.66. The Morgan fingerprint density at radius 2 is 1.93 bits per heavy atom. The summed E-state index contributed by atoms with van der Waals surface area (Å²) >= 11 is 0. The molecule has 2 amide bonds. The van der Waals surface area contributed by atoms with Crippen molar-refractivity contribution in [1.82, 2.24) is 10.6 Å². The lowest BCUT2D eigenvalue weighted by Gasteiger charge is -2.21. The van der Waals surface area contributed by atoms with Gasteiger partial charge in [-0.05, 0) is 43.5 Å². The van der Waals surface area contributed by atoms with Gasteiger partial charge < -0.3 is 15.4 Å². The van der Waals surface area contributed by atoms with Crippen molar-refractivity contribution in [3.8, 4) is 0 Å². The number of nitrogens with zero attached hydrogens (tertiary/aromatic N) is 1.